The van der Waals surface area contributed by atoms with Gasteiger partial charge in [0.2, 0.25) is 0 Å². The second-order valence-electron chi connectivity index (χ2n) is 4.01. The van der Waals surface area contributed by atoms with Crippen molar-refractivity contribution in [2.45, 2.75) is 38.4 Å². The van der Waals surface area contributed by atoms with Crippen LogP contribution in [0.1, 0.15) is 25.5 Å². The Hall–Kier alpha value is -1.01. The fourth-order valence-electron chi connectivity index (χ4n) is 1.51. The maximum absolute atomic E-state index is 10.5. The molecule has 0 aromatic carbocycles. The van der Waals surface area contributed by atoms with E-state index in [1.807, 2.05) is 17.7 Å². The minimum atomic E-state index is -0.821. The molecule has 1 heterocycles. The Labute approximate surface area is 112 Å². The normalized spacial score (nSPS) is 10.8. The van der Waals surface area contributed by atoms with E-state index in [1.54, 1.807) is 0 Å². The van der Waals surface area contributed by atoms with Gasteiger partial charge in [-0.15, -0.1) is 0 Å². The molecule has 6 heteroatoms. The molecule has 0 aliphatic rings. The molecule has 0 saturated heterocycles. The van der Waals surface area contributed by atoms with Gasteiger partial charge in [-0.3, -0.25) is 4.79 Å². The van der Waals surface area contributed by atoms with Gasteiger partial charge in [-0.2, -0.15) is 0 Å². The fraction of sp³-hybridized carbons (Fsp3) is 0.667. The molecule has 0 aliphatic heterocycles. The topological polar surface area (TPSA) is 64.4 Å². The average Bonchev–Trinajstić information content (AvgIpc) is 2.67. The summed E-state index contributed by atoms with van der Waals surface area (Å²) in [6, 6.07) is 0. The molecule has 0 aliphatic carbocycles. The van der Waals surface area contributed by atoms with E-state index in [0.717, 1.165) is 43.5 Å². The Bertz CT molecular complexity index is 379. The molecule has 1 aromatic heterocycles. The molecule has 0 amide bonds. The van der Waals surface area contributed by atoms with Gasteiger partial charge in [-0.05, 0) is 19.8 Å². The van der Waals surface area contributed by atoms with Gasteiger partial charge in [-0.25, -0.2) is 4.98 Å². The van der Waals surface area contributed by atoms with Crippen LogP contribution in [0.25, 0.3) is 0 Å². The molecule has 102 valence electrons. The van der Waals surface area contributed by atoms with E-state index in [1.165, 1.54) is 11.8 Å². The lowest BCUT2D eigenvalue weighted by molar-refractivity contribution is -0.133. The number of carbonyl (C=O) groups is 1. The molecule has 1 aromatic rings. The molecule has 0 saturated carbocycles. The molecule has 5 nitrogen and oxygen atoms in total. The van der Waals surface area contributed by atoms with Crippen molar-refractivity contribution in [3.8, 4) is 0 Å². The average molecular weight is 272 g/mol. The maximum atomic E-state index is 10.5. The molecule has 1 N–H and O–H groups in total. The second kappa shape index (κ2) is 8.16. The van der Waals surface area contributed by atoms with Crippen molar-refractivity contribution in [2.75, 3.05) is 19.0 Å². The summed E-state index contributed by atoms with van der Waals surface area (Å²) in [6.07, 6.45) is 3.89. The molecule has 0 bridgehead atoms. The second-order valence-corrected chi connectivity index (χ2v) is 4.95. The van der Waals surface area contributed by atoms with Crippen LogP contribution in [-0.2, 0) is 16.1 Å². The first-order valence-electron chi connectivity index (χ1n) is 6.09. The van der Waals surface area contributed by atoms with Crippen LogP contribution in [0.2, 0.25) is 0 Å². The first-order chi connectivity index (χ1) is 8.63. The summed E-state index contributed by atoms with van der Waals surface area (Å²) in [4.78, 5) is 14.9. The number of rotatable bonds is 9. The van der Waals surface area contributed by atoms with E-state index in [0.29, 0.717) is 0 Å². The predicted octanol–water partition coefficient (Wildman–Crippen LogP) is 2.18. The van der Waals surface area contributed by atoms with E-state index in [9.17, 15) is 4.79 Å². The Morgan fingerprint density at radius 2 is 2.33 bits per heavy atom. The number of nitrogens with zero attached hydrogens (tertiary/aromatic N) is 2. The van der Waals surface area contributed by atoms with E-state index in [4.69, 9.17) is 9.84 Å². The van der Waals surface area contributed by atoms with Crippen LogP contribution in [0.5, 0.6) is 0 Å². The lowest BCUT2D eigenvalue weighted by Crippen LogP contribution is -2.05. The van der Waals surface area contributed by atoms with Gasteiger partial charge in [0.05, 0.1) is 11.4 Å². The van der Waals surface area contributed by atoms with E-state index in [2.05, 4.69) is 11.9 Å². The molecule has 0 fully saturated rings. The number of aromatic nitrogens is 2. The van der Waals surface area contributed by atoms with Gasteiger partial charge in [0.25, 0.3) is 0 Å². The highest BCUT2D eigenvalue weighted by molar-refractivity contribution is 7.99. The fourth-order valence-corrected chi connectivity index (χ4v) is 2.28. The van der Waals surface area contributed by atoms with E-state index in [-0.39, 0.29) is 5.75 Å². The summed E-state index contributed by atoms with van der Waals surface area (Å²) < 4.78 is 7.41. The van der Waals surface area contributed by atoms with Crippen molar-refractivity contribution in [3.05, 3.63) is 11.9 Å². The molecular weight excluding hydrogens is 252 g/mol. The van der Waals surface area contributed by atoms with Crippen molar-refractivity contribution < 1.29 is 14.6 Å². The predicted molar refractivity (Wildman–Crippen MR) is 71.1 cm³/mol. The molecular formula is C12H20N2O3S. The highest BCUT2D eigenvalue weighted by Gasteiger charge is 2.08. The first kappa shape index (κ1) is 15.0. The summed E-state index contributed by atoms with van der Waals surface area (Å²) >= 11 is 1.26. The SMILES string of the molecule is CCCOCCCn1cc(C)nc1SCC(=O)O. The van der Waals surface area contributed by atoms with Gasteiger partial charge in [-0.1, -0.05) is 18.7 Å². The standard InChI is InChI=1S/C12H20N2O3S/c1-3-6-17-7-4-5-14-8-10(2)13-12(14)18-9-11(15)16/h8H,3-7,9H2,1-2H3,(H,15,16). The Morgan fingerprint density at radius 1 is 1.56 bits per heavy atom. The molecule has 18 heavy (non-hydrogen) atoms. The van der Waals surface area contributed by atoms with Crippen molar-refractivity contribution >= 4 is 17.7 Å². The minimum absolute atomic E-state index is 0.0444. The number of imidazole rings is 1. The first-order valence-corrected chi connectivity index (χ1v) is 7.08. The zero-order valence-corrected chi connectivity index (χ0v) is 11.7. The third kappa shape index (κ3) is 5.55. The number of aliphatic carboxylic acids is 1. The zero-order valence-electron chi connectivity index (χ0n) is 10.9. The monoisotopic (exact) mass is 272 g/mol. The number of ether oxygens (including phenoxy) is 1. The third-order valence-electron chi connectivity index (χ3n) is 2.22. The van der Waals surface area contributed by atoms with Crippen molar-refractivity contribution in [3.63, 3.8) is 0 Å². The summed E-state index contributed by atoms with van der Waals surface area (Å²) in [6.45, 7) is 6.33. The number of thioether (sulfide) groups is 1. The van der Waals surface area contributed by atoms with Crippen molar-refractivity contribution in [1.82, 2.24) is 9.55 Å². The zero-order chi connectivity index (χ0) is 13.4. The van der Waals surface area contributed by atoms with Crippen molar-refractivity contribution in [1.29, 1.82) is 0 Å². The highest BCUT2D eigenvalue weighted by atomic mass is 32.2. The number of aryl methyl sites for hydroxylation is 2. The van der Waals surface area contributed by atoms with Crippen LogP contribution < -0.4 is 0 Å². The van der Waals surface area contributed by atoms with Gasteiger partial charge in [0.1, 0.15) is 0 Å². The molecule has 1 rings (SSSR count). The lowest BCUT2D eigenvalue weighted by Gasteiger charge is -2.06. The largest absolute Gasteiger partial charge is 0.481 e. The lowest BCUT2D eigenvalue weighted by atomic mass is 10.4. The van der Waals surface area contributed by atoms with Crippen LogP contribution in [0.3, 0.4) is 0 Å². The van der Waals surface area contributed by atoms with Crippen LogP contribution >= 0.6 is 11.8 Å². The van der Waals surface area contributed by atoms with Gasteiger partial charge >= 0.3 is 5.97 Å². The quantitative estimate of drug-likeness (QED) is 0.551. The molecule has 0 atom stereocenters. The van der Waals surface area contributed by atoms with Gasteiger partial charge in [0, 0.05) is 26.0 Å². The molecule has 0 spiro atoms. The number of hydrogen-bond donors (Lipinski definition) is 1. The molecule has 0 radical (unpaired) electrons. The van der Waals surface area contributed by atoms with Crippen molar-refractivity contribution in [2.24, 2.45) is 0 Å². The summed E-state index contributed by atoms with van der Waals surface area (Å²) in [7, 11) is 0. The highest BCUT2D eigenvalue weighted by Crippen LogP contribution is 2.17. The van der Waals surface area contributed by atoms with Crippen LogP contribution in [0.4, 0.5) is 0 Å². The van der Waals surface area contributed by atoms with Gasteiger partial charge in [0.15, 0.2) is 5.16 Å². The van der Waals surface area contributed by atoms with Gasteiger partial charge < -0.3 is 14.4 Å². The Kier molecular flexibility index (Phi) is 6.82. The maximum Gasteiger partial charge on any atom is 0.313 e. The summed E-state index contributed by atoms with van der Waals surface area (Å²) in [5.41, 5.74) is 0.914. The number of hydrogen-bond acceptors (Lipinski definition) is 4. The number of carboxylic acids is 1. The number of carboxylic acid groups (broad SMARTS) is 1. The Morgan fingerprint density at radius 3 is 3.00 bits per heavy atom. The summed E-state index contributed by atoms with van der Waals surface area (Å²) in [5, 5.41) is 9.44. The third-order valence-corrected chi connectivity index (χ3v) is 3.20. The van der Waals surface area contributed by atoms with Crippen LogP contribution in [-0.4, -0.2) is 39.6 Å². The minimum Gasteiger partial charge on any atom is -0.481 e. The van der Waals surface area contributed by atoms with E-state index < -0.39 is 5.97 Å². The smallest absolute Gasteiger partial charge is 0.313 e. The molecule has 0 unspecified atom stereocenters. The van der Waals surface area contributed by atoms with Crippen LogP contribution in [0.15, 0.2) is 11.4 Å². The van der Waals surface area contributed by atoms with E-state index >= 15 is 0 Å². The Balaban J connectivity index is 2.40. The summed E-state index contributed by atoms with van der Waals surface area (Å²) in [5.74, 6) is -0.776. The van der Waals surface area contributed by atoms with Crippen LogP contribution in [0, 0.1) is 6.92 Å².